The molecular formula is C9H9N3O2. The lowest BCUT2D eigenvalue weighted by atomic mass is 10.1. The van der Waals surface area contributed by atoms with Crippen LogP contribution >= 0.6 is 0 Å². The number of anilines is 1. The van der Waals surface area contributed by atoms with E-state index in [1.807, 2.05) is 6.07 Å². The first-order valence-electron chi connectivity index (χ1n) is 4.05. The van der Waals surface area contributed by atoms with Gasteiger partial charge in [0.2, 0.25) is 0 Å². The molecule has 0 aliphatic carbocycles. The predicted octanol–water partition coefficient (Wildman–Crippen LogP) is 1.63. The fourth-order valence-corrected chi connectivity index (χ4v) is 1.23. The Morgan fingerprint density at radius 1 is 1.57 bits per heavy atom. The Morgan fingerprint density at radius 3 is 2.86 bits per heavy atom. The van der Waals surface area contributed by atoms with Gasteiger partial charge in [0.1, 0.15) is 5.69 Å². The van der Waals surface area contributed by atoms with Gasteiger partial charge >= 0.3 is 0 Å². The highest BCUT2D eigenvalue weighted by Gasteiger charge is 2.16. The van der Waals surface area contributed by atoms with Gasteiger partial charge in [-0.05, 0) is 12.5 Å². The molecule has 0 amide bonds. The first-order valence-corrected chi connectivity index (χ1v) is 4.05. The first kappa shape index (κ1) is 9.99. The molecule has 5 heteroatoms. The van der Waals surface area contributed by atoms with Gasteiger partial charge in [-0.25, -0.2) is 0 Å². The van der Waals surface area contributed by atoms with Gasteiger partial charge in [0, 0.05) is 12.0 Å². The number of nitrogen functional groups attached to an aromatic ring is 1. The van der Waals surface area contributed by atoms with Gasteiger partial charge in [-0.3, -0.25) is 10.1 Å². The zero-order chi connectivity index (χ0) is 10.6. The highest BCUT2D eigenvalue weighted by Crippen LogP contribution is 2.26. The van der Waals surface area contributed by atoms with Crippen molar-refractivity contribution in [3.63, 3.8) is 0 Å². The molecule has 2 N–H and O–H groups in total. The van der Waals surface area contributed by atoms with Crippen molar-refractivity contribution in [3.05, 3.63) is 33.9 Å². The predicted molar refractivity (Wildman–Crippen MR) is 51.4 cm³/mol. The molecule has 14 heavy (non-hydrogen) atoms. The number of nitrogens with two attached hydrogens (primary N) is 1. The highest BCUT2D eigenvalue weighted by atomic mass is 16.6. The minimum Gasteiger partial charge on any atom is -0.393 e. The molecule has 0 aliphatic heterocycles. The van der Waals surface area contributed by atoms with E-state index in [1.54, 1.807) is 12.1 Å². The van der Waals surface area contributed by atoms with Crippen molar-refractivity contribution < 1.29 is 4.92 Å². The van der Waals surface area contributed by atoms with E-state index in [4.69, 9.17) is 11.0 Å². The van der Waals surface area contributed by atoms with E-state index in [2.05, 4.69) is 0 Å². The zero-order valence-electron chi connectivity index (χ0n) is 7.43. The molecule has 1 aromatic carbocycles. The molecule has 0 bridgehead atoms. The van der Waals surface area contributed by atoms with Crippen molar-refractivity contribution in [2.45, 2.75) is 12.8 Å². The van der Waals surface area contributed by atoms with Crippen molar-refractivity contribution in [3.8, 4) is 6.07 Å². The van der Waals surface area contributed by atoms with E-state index in [-0.39, 0.29) is 17.8 Å². The minimum atomic E-state index is -0.512. The second kappa shape index (κ2) is 4.23. The van der Waals surface area contributed by atoms with Gasteiger partial charge in [0.05, 0.1) is 11.0 Å². The Morgan fingerprint density at radius 2 is 2.29 bits per heavy atom. The molecule has 0 saturated carbocycles. The Hall–Kier alpha value is -2.09. The number of benzene rings is 1. The third-order valence-electron chi connectivity index (χ3n) is 1.84. The molecule has 5 nitrogen and oxygen atoms in total. The Kier molecular flexibility index (Phi) is 3.02. The minimum absolute atomic E-state index is 0.0808. The van der Waals surface area contributed by atoms with Crippen LogP contribution in [0.5, 0.6) is 0 Å². The Labute approximate surface area is 80.9 Å². The second-order valence-electron chi connectivity index (χ2n) is 2.77. The maximum absolute atomic E-state index is 10.6. The number of rotatable bonds is 3. The molecular weight excluding hydrogens is 182 g/mol. The molecule has 0 radical (unpaired) electrons. The third kappa shape index (κ3) is 1.98. The maximum atomic E-state index is 10.6. The van der Waals surface area contributed by atoms with E-state index in [0.29, 0.717) is 12.0 Å². The summed E-state index contributed by atoms with van der Waals surface area (Å²) in [4.78, 5) is 10.1. The number of hydrogen-bond acceptors (Lipinski definition) is 4. The van der Waals surface area contributed by atoms with Crippen molar-refractivity contribution >= 4 is 11.4 Å². The molecule has 0 fully saturated rings. The Bertz CT molecular complexity index is 396. The second-order valence-corrected chi connectivity index (χ2v) is 2.77. The summed E-state index contributed by atoms with van der Waals surface area (Å²) in [6.07, 6.45) is 0.613. The zero-order valence-corrected chi connectivity index (χ0v) is 7.43. The molecule has 0 heterocycles. The number of nitrogens with zero attached hydrogens (tertiary/aromatic N) is 2. The van der Waals surface area contributed by atoms with E-state index >= 15 is 0 Å². The van der Waals surface area contributed by atoms with Gasteiger partial charge in [0.25, 0.3) is 5.69 Å². The molecule has 0 atom stereocenters. The SMILES string of the molecule is N#CCCc1cccc(N)c1[N+](=O)[O-]. The van der Waals surface area contributed by atoms with Crippen LogP contribution in [0.3, 0.4) is 0 Å². The van der Waals surface area contributed by atoms with Crippen LogP contribution in [0, 0.1) is 21.4 Å². The molecule has 1 rings (SSSR count). The fourth-order valence-electron chi connectivity index (χ4n) is 1.23. The van der Waals surface area contributed by atoms with E-state index in [0.717, 1.165) is 0 Å². The standard InChI is InChI=1S/C9H9N3O2/c10-6-2-4-7-3-1-5-8(11)9(7)12(13)14/h1,3,5H,2,4,11H2. The van der Waals surface area contributed by atoms with E-state index in [1.165, 1.54) is 6.07 Å². The molecule has 72 valence electrons. The summed E-state index contributed by atoms with van der Waals surface area (Å²) in [7, 11) is 0. The molecule has 0 unspecified atom stereocenters. The average Bonchev–Trinajstić information content (AvgIpc) is 2.14. The Balaban J connectivity index is 3.09. The van der Waals surface area contributed by atoms with Gasteiger partial charge in [-0.1, -0.05) is 12.1 Å². The lowest BCUT2D eigenvalue weighted by molar-refractivity contribution is -0.384. The topological polar surface area (TPSA) is 93.0 Å². The van der Waals surface area contributed by atoms with Crippen molar-refractivity contribution in [1.29, 1.82) is 5.26 Å². The highest BCUT2D eigenvalue weighted by molar-refractivity contribution is 5.62. The molecule has 0 spiro atoms. The summed E-state index contributed by atoms with van der Waals surface area (Å²) in [5, 5.41) is 19.0. The van der Waals surface area contributed by atoms with Crippen molar-refractivity contribution in [2.24, 2.45) is 0 Å². The van der Waals surface area contributed by atoms with Gasteiger partial charge in [-0.15, -0.1) is 0 Å². The lowest BCUT2D eigenvalue weighted by Gasteiger charge is -2.02. The number of para-hydroxylation sites is 1. The van der Waals surface area contributed by atoms with Gasteiger partial charge in [-0.2, -0.15) is 5.26 Å². The number of nitro groups is 1. The van der Waals surface area contributed by atoms with Crippen molar-refractivity contribution in [1.82, 2.24) is 0 Å². The van der Waals surface area contributed by atoms with Crippen LogP contribution in [-0.2, 0) is 6.42 Å². The summed E-state index contributed by atoms with van der Waals surface area (Å²) in [6, 6.07) is 6.68. The number of nitriles is 1. The monoisotopic (exact) mass is 191 g/mol. The van der Waals surface area contributed by atoms with Crippen LogP contribution in [0.2, 0.25) is 0 Å². The van der Waals surface area contributed by atoms with Crippen LogP contribution in [0.1, 0.15) is 12.0 Å². The summed E-state index contributed by atoms with van der Waals surface area (Å²) < 4.78 is 0. The third-order valence-corrected chi connectivity index (χ3v) is 1.84. The van der Waals surface area contributed by atoms with E-state index < -0.39 is 4.92 Å². The summed E-state index contributed by atoms with van der Waals surface area (Å²) in [5.74, 6) is 0. The normalized spacial score (nSPS) is 9.36. The molecule has 0 saturated heterocycles. The molecule has 0 aromatic heterocycles. The van der Waals surface area contributed by atoms with Crippen LogP contribution < -0.4 is 5.73 Å². The van der Waals surface area contributed by atoms with Crippen LogP contribution in [0.25, 0.3) is 0 Å². The van der Waals surface area contributed by atoms with Crippen molar-refractivity contribution in [2.75, 3.05) is 5.73 Å². The largest absolute Gasteiger partial charge is 0.393 e. The summed E-state index contributed by atoms with van der Waals surface area (Å²) >= 11 is 0. The van der Waals surface area contributed by atoms with Crippen LogP contribution in [0.15, 0.2) is 18.2 Å². The average molecular weight is 191 g/mol. The van der Waals surface area contributed by atoms with Crippen LogP contribution in [-0.4, -0.2) is 4.92 Å². The fraction of sp³-hybridized carbons (Fsp3) is 0.222. The van der Waals surface area contributed by atoms with E-state index in [9.17, 15) is 10.1 Å². The summed E-state index contributed by atoms with van der Waals surface area (Å²) in [6.45, 7) is 0. The van der Waals surface area contributed by atoms with Gasteiger partial charge < -0.3 is 5.73 Å². The van der Waals surface area contributed by atoms with Crippen LogP contribution in [0.4, 0.5) is 11.4 Å². The molecule has 0 aliphatic rings. The number of hydrogen-bond donors (Lipinski definition) is 1. The van der Waals surface area contributed by atoms with Gasteiger partial charge in [0.15, 0.2) is 0 Å². The molecule has 1 aromatic rings. The summed E-state index contributed by atoms with van der Waals surface area (Å²) in [5.41, 5.74) is 6.04. The lowest BCUT2D eigenvalue weighted by Crippen LogP contribution is -2.00. The quantitative estimate of drug-likeness (QED) is 0.446. The maximum Gasteiger partial charge on any atom is 0.295 e. The number of aryl methyl sites for hydroxylation is 1. The smallest absolute Gasteiger partial charge is 0.295 e. The number of nitro benzene ring substituents is 1. The first-order chi connectivity index (χ1) is 6.66.